The number of carbonyl (C=O) groups excluding carboxylic acids is 1. The Morgan fingerprint density at radius 3 is 2.64 bits per heavy atom. The zero-order chi connectivity index (χ0) is 15.9. The van der Waals surface area contributed by atoms with Crippen LogP contribution in [0.2, 0.25) is 0 Å². The zero-order valence-electron chi connectivity index (χ0n) is 13.1. The van der Waals surface area contributed by atoms with Gasteiger partial charge >= 0.3 is 5.97 Å². The van der Waals surface area contributed by atoms with E-state index < -0.39 is 11.9 Å². The molecule has 1 fully saturated rings. The third kappa shape index (κ3) is 4.86. The van der Waals surface area contributed by atoms with Crippen LogP contribution in [0.3, 0.4) is 0 Å². The summed E-state index contributed by atoms with van der Waals surface area (Å²) in [5.41, 5.74) is 0.724. The summed E-state index contributed by atoms with van der Waals surface area (Å²) >= 11 is 0. The van der Waals surface area contributed by atoms with E-state index in [9.17, 15) is 14.7 Å². The average Bonchev–Trinajstić information content (AvgIpc) is 2.48. The molecule has 4 nitrogen and oxygen atoms in total. The normalized spacial score (nSPS) is 22.8. The predicted octanol–water partition coefficient (Wildman–Crippen LogP) is 3.19. The molecule has 0 bridgehead atoms. The number of nitrogens with one attached hydrogen (secondary N) is 1. The molecule has 1 aromatic carbocycles. The summed E-state index contributed by atoms with van der Waals surface area (Å²) < 4.78 is 0. The first kappa shape index (κ1) is 16.5. The number of carboxylic acids is 1. The molecule has 2 N–H and O–H groups in total. The van der Waals surface area contributed by atoms with Gasteiger partial charge in [-0.25, -0.2) is 0 Å². The number of aliphatic carboxylic acids is 1. The van der Waals surface area contributed by atoms with Crippen molar-refractivity contribution in [3.63, 3.8) is 0 Å². The monoisotopic (exact) mass is 303 g/mol. The average molecular weight is 303 g/mol. The highest BCUT2D eigenvalue weighted by molar-refractivity contribution is 5.79. The van der Waals surface area contributed by atoms with E-state index >= 15 is 0 Å². The van der Waals surface area contributed by atoms with Gasteiger partial charge in [0.15, 0.2) is 0 Å². The van der Waals surface area contributed by atoms with E-state index in [0.29, 0.717) is 18.3 Å². The Balaban J connectivity index is 1.84. The van der Waals surface area contributed by atoms with Crippen LogP contribution in [0.1, 0.15) is 50.5 Å². The van der Waals surface area contributed by atoms with Crippen LogP contribution < -0.4 is 5.32 Å². The second-order valence-electron chi connectivity index (χ2n) is 6.45. The van der Waals surface area contributed by atoms with Gasteiger partial charge in [0.05, 0.1) is 5.92 Å². The summed E-state index contributed by atoms with van der Waals surface area (Å²) in [4.78, 5) is 23.5. The van der Waals surface area contributed by atoms with Crippen LogP contribution in [0.25, 0.3) is 0 Å². The fourth-order valence-electron chi connectivity index (χ4n) is 3.33. The van der Waals surface area contributed by atoms with Gasteiger partial charge in [0.1, 0.15) is 0 Å². The molecule has 1 aromatic rings. The van der Waals surface area contributed by atoms with Crippen molar-refractivity contribution < 1.29 is 14.7 Å². The molecule has 1 saturated carbocycles. The first-order valence-corrected chi connectivity index (χ1v) is 8.10. The summed E-state index contributed by atoms with van der Waals surface area (Å²) in [6.45, 7) is 2.39. The number of rotatable bonds is 6. The summed E-state index contributed by atoms with van der Waals surface area (Å²) in [6.07, 6.45) is 5.19. The van der Waals surface area contributed by atoms with Gasteiger partial charge in [-0.2, -0.15) is 0 Å². The molecule has 3 unspecified atom stereocenters. The minimum atomic E-state index is -0.905. The van der Waals surface area contributed by atoms with Gasteiger partial charge in [-0.1, -0.05) is 50.1 Å². The summed E-state index contributed by atoms with van der Waals surface area (Å²) in [7, 11) is 0. The Morgan fingerprint density at radius 2 is 2.00 bits per heavy atom. The standard InChI is InChI=1S/C18H25NO3/c1-13-6-5-7-14(10-13)11-17(20)19-12-16(18(21)22)15-8-3-2-4-9-15/h2-4,8-9,13-14,16H,5-7,10-12H2,1H3,(H,19,20)(H,21,22). The Kier molecular flexibility index (Phi) is 5.99. The molecule has 22 heavy (non-hydrogen) atoms. The lowest BCUT2D eigenvalue weighted by Crippen LogP contribution is -2.33. The van der Waals surface area contributed by atoms with Gasteiger partial charge < -0.3 is 10.4 Å². The smallest absolute Gasteiger partial charge is 0.312 e. The third-order valence-corrected chi connectivity index (χ3v) is 4.52. The Labute approximate surface area is 131 Å². The summed E-state index contributed by atoms with van der Waals surface area (Å²) in [5, 5.41) is 12.1. The molecule has 120 valence electrons. The van der Waals surface area contributed by atoms with Crippen LogP contribution in [0.4, 0.5) is 0 Å². The molecule has 0 radical (unpaired) electrons. The predicted molar refractivity (Wildman–Crippen MR) is 85.6 cm³/mol. The van der Waals surface area contributed by atoms with E-state index in [-0.39, 0.29) is 12.5 Å². The van der Waals surface area contributed by atoms with Crippen molar-refractivity contribution in [2.45, 2.75) is 44.9 Å². The highest BCUT2D eigenvalue weighted by Crippen LogP contribution is 2.30. The third-order valence-electron chi connectivity index (χ3n) is 4.52. The maximum Gasteiger partial charge on any atom is 0.312 e. The zero-order valence-corrected chi connectivity index (χ0v) is 13.1. The molecule has 0 saturated heterocycles. The lowest BCUT2D eigenvalue weighted by Gasteiger charge is -2.26. The van der Waals surface area contributed by atoms with E-state index in [1.54, 1.807) is 12.1 Å². The van der Waals surface area contributed by atoms with Gasteiger partial charge in [0, 0.05) is 13.0 Å². The maximum absolute atomic E-state index is 12.1. The molecular weight excluding hydrogens is 278 g/mol. The van der Waals surface area contributed by atoms with Crippen molar-refractivity contribution in [1.29, 1.82) is 0 Å². The Bertz CT molecular complexity index is 500. The van der Waals surface area contributed by atoms with Crippen molar-refractivity contribution in [3.05, 3.63) is 35.9 Å². The molecule has 3 atom stereocenters. The van der Waals surface area contributed by atoms with Gasteiger partial charge in [0.25, 0.3) is 0 Å². The number of amides is 1. The van der Waals surface area contributed by atoms with E-state index in [1.807, 2.05) is 18.2 Å². The Hall–Kier alpha value is -1.84. The lowest BCUT2D eigenvalue weighted by atomic mass is 9.81. The number of carbonyl (C=O) groups is 2. The molecular formula is C18H25NO3. The minimum Gasteiger partial charge on any atom is -0.481 e. The lowest BCUT2D eigenvalue weighted by molar-refractivity contribution is -0.138. The van der Waals surface area contributed by atoms with Crippen LogP contribution in [-0.2, 0) is 9.59 Å². The van der Waals surface area contributed by atoms with Gasteiger partial charge in [-0.15, -0.1) is 0 Å². The number of hydrogen-bond acceptors (Lipinski definition) is 2. The number of hydrogen-bond donors (Lipinski definition) is 2. The van der Waals surface area contributed by atoms with Crippen molar-refractivity contribution in [3.8, 4) is 0 Å². The minimum absolute atomic E-state index is 0.0266. The molecule has 1 aliphatic carbocycles. The topological polar surface area (TPSA) is 66.4 Å². The van der Waals surface area contributed by atoms with E-state index in [0.717, 1.165) is 18.4 Å². The van der Waals surface area contributed by atoms with Crippen molar-refractivity contribution in [1.82, 2.24) is 5.32 Å². The van der Waals surface area contributed by atoms with Gasteiger partial charge in [-0.05, 0) is 30.2 Å². The summed E-state index contributed by atoms with van der Waals surface area (Å²) in [5.74, 6) is -0.471. The first-order chi connectivity index (χ1) is 10.6. The number of carboxylic acid groups (broad SMARTS) is 1. The van der Waals surface area contributed by atoms with Crippen LogP contribution in [0.15, 0.2) is 30.3 Å². The number of benzene rings is 1. The van der Waals surface area contributed by atoms with Crippen LogP contribution >= 0.6 is 0 Å². The quantitative estimate of drug-likeness (QED) is 0.848. The fourth-order valence-corrected chi connectivity index (χ4v) is 3.33. The largest absolute Gasteiger partial charge is 0.481 e. The highest BCUT2D eigenvalue weighted by Gasteiger charge is 2.23. The molecule has 2 rings (SSSR count). The van der Waals surface area contributed by atoms with Gasteiger partial charge in [-0.3, -0.25) is 9.59 Å². The highest BCUT2D eigenvalue weighted by atomic mass is 16.4. The Morgan fingerprint density at radius 1 is 1.27 bits per heavy atom. The van der Waals surface area contributed by atoms with Crippen LogP contribution in [-0.4, -0.2) is 23.5 Å². The molecule has 1 amide bonds. The summed E-state index contributed by atoms with van der Waals surface area (Å²) in [6, 6.07) is 9.06. The van der Waals surface area contributed by atoms with Crippen molar-refractivity contribution >= 4 is 11.9 Å². The molecule has 4 heteroatoms. The van der Waals surface area contributed by atoms with E-state index in [4.69, 9.17) is 0 Å². The molecule has 0 spiro atoms. The van der Waals surface area contributed by atoms with Gasteiger partial charge in [0.2, 0.25) is 5.91 Å². The van der Waals surface area contributed by atoms with Crippen molar-refractivity contribution in [2.75, 3.05) is 6.54 Å². The molecule has 0 aromatic heterocycles. The van der Waals surface area contributed by atoms with E-state index in [2.05, 4.69) is 12.2 Å². The fraction of sp³-hybridized carbons (Fsp3) is 0.556. The van der Waals surface area contributed by atoms with Crippen LogP contribution in [0.5, 0.6) is 0 Å². The molecule has 0 heterocycles. The van der Waals surface area contributed by atoms with Crippen LogP contribution in [0, 0.1) is 11.8 Å². The molecule has 1 aliphatic rings. The second-order valence-corrected chi connectivity index (χ2v) is 6.45. The maximum atomic E-state index is 12.1. The first-order valence-electron chi connectivity index (χ1n) is 8.10. The van der Waals surface area contributed by atoms with Crippen molar-refractivity contribution in [2.24, 2.45) is 11.8 Å². The SMILES string of the molecule is CC1CCCC(CC(=O)NCC(C(=O)O)c2ccccc2)C1. The second kappa shape index (κ2) is 7.97. The molecule has 0 aliphatic heterocycles. The van der Waals surface area contributed by atoms with E-state index in [1.165, 1.54) is 12.8 Å².